The van der Waals surface area contributed by atoms with Gasteiger partial charge < -0.3 is 4.74 Å². The molecule has 1 amide bonds. The molecule has 1 aromatic rings. The number of carbonyl (C=O) groups is 1. The van der Waals surface area contributed by atoms with E-state index in [9.17, 15) is 4.79 Å². The van der Waals surface area contributed by atoms with E-state index < -0.39 is 5.60 Å². The van der Waals surface area contributed by atoms with Gasteiger partial charge in [0.25, 0.3) is 0 Å². The second kappa shape index (κ2) is 4.30. The van der Waals surface area contributed by atoms with E-state index in [4.69, 9.17) is 10.00 Å². The van der Waals surface area contributed by atoms with Crippen LogP contribution in [0.4, 0.5) is 4.79 Å². The molecule has 0 radical (unpaired) electrons. The van der Waals surface area contributed by atoms with Crippen molar-refractivity contribution in [1.29, 1.82) is 5.26 Å². The van der Waals surface area contributed by atoms with E-state index in [2.05, 4.69) is 4.98 Å². The Balaban J connectivity index is 2.16. The van der Waals surface area contributed by atoms with E-state index in [0.29, 0.717) is 18.8 Å². The Morgan fingerprint density at radius 2 is 2.22 bits per heavy atom. The molecular weight excluding hydrogens is 230 g/mol. The monoisotopic (exact) mass is 245 g/mol. The van der Waals surface area contributed by atoms with Gasteiger partial charge in [0.1, 0.15) is 17.4 Å². The van der Waals surface area contributed by atoms with Crippen LogP contribution in [0, 0.1) is 11.3 Å². The summed E-state index contributed by atoms with van der Waals surface area (Å²) in [5.74, 6) is 0. The van der Waals surface area contributed by atoms with Crippen molar-refractivity contribution in [3.63, 3.8) is 0 Å². The average molecular weight is 245 g/mol. The molecular formula is C13H15N3O2. The number of nitriles is 1. The van der Waals surface area contributed by atoms with Gasteiger partial charge in [0, 0.05) is 18.3 Å². The number of pyridine rings is 1. The van der Waals surface area contributed by atoms with Gasteiger partial charge in [-0.15, -0.1) is 0 Å². The molecule has 0 aromatic carbocycles. The van der Waals surface area contributed by atoms with Crippen LogP contribution in [0.25, 0.3) is 0 Å². The van der Waals surface area contributed by atoms with E-state index in [1.165, 1.54) is 0 Å². The molecule has 1 aliphatic heterocycles. The van der Waals surface area contributed by atoms with E-state index >= 15 is 0 Å². The molecule has 0 atom stereocenters. The number of hydrogen-bond donors (Lipinski definition) is 0. The molecule has 0 N–H and O–H groups in total. The summed E-state index contributed by atoms with van der Waals surface area (Å²) in [6, 6.07) is 3.88. The minimum Gasteiger partial charge on any atom is -0.444 e. The number of fused-ring (bicyclic) bond motifs is 1. The highest BCUT2D eigenvalue weighted by atomic mass is 16.6. The second-order valence-electron chi connectivity index (χ2n) is 5.25. The summed E-state index contributed by atoms with van der Waals surface area (Å²) in [6.07, 6.45) is 1.23. The lowest BCUT2D eigenvalue weighted by atomic mass is 10.1. The van der Waals surface area contributed by atoms with E-state index in [1.54, 1.807) is 11.1 Å². The van der Waals surface area contributed by atoms with Crippen molar-refractivity contribution in [1.82, 2.24) is 9.88 Å². The van der Waals surface area contributed by atoms with Gasteiger partial charge in [-0.2, -0.15) is 5.26 Å². The summed E-state index contributed by atoms with van der Waals surface area (Å²) >= 11 is 0. The minimum absolute atomic E-state index is 0.359. The van der Waals surface area contributed by atoms with Crippen molar-refractivity contribution in [2.75, 3.05) is 0 Å². The molecule has 0 unspecified atom stereocenters. The van der Waals surface area contributed by atoms with Gasteiger partial charge in [-0.25, -0.2) is 9.78 Å². The van der Waals surface area contributed by atoms with Crippen LogP contribution in [-0.2, 0) is 17.8 Å². The van der Waals surface area contributed by atoms with E-state index in [0.717, 1.165) is 11.1 Å². The Labute approximate surface area is 106 Å². The molecule has 5 heteroatoms. The quantitative estimate of drug-likeness (QED) is 0.702. The SMILES string of the molecule is CC(C)(C)OC(=O)N1Cc2ccnc(C#N)c2C1. The number of carbonyl (C=O) groups excluding carboxylic acids is 1. The van der Waals surface area contributed by atoms with Crippen LogP contribution in [0.1, 0.15) is 37.6 Å². The second-order valence-corrected chi connectivity index (χ2v) is 5.25. The predicted molar refractivity (Wildman–Crippen MR) is 64.4 cm³/mol. The fraction of sp³-hybridized carbons (Fsp3) is 0.462. The predicted octanol–water partition coefficient (Wildman–Crippen LogP) is 2.20. The number of aromatic nitrogens is 1. The lowest BCUT2D eigenvalue weighted by Crippen LogP contribution is -2.33. The maximum atomic E-state index is 11.9. The zero-order valence-electron chi connectivity index (χ0n) is 10.7. The molecule has 1 aromatic heterocycles. The Morgan fingerprint density at radius 3 is 2.83 bits per heavy atom. The van der Waals surface area contributed by atoms with Crippen LogP contribution >= 0.6 is 0 Å². The largest absolute Gasteiger partial charge is 0.444 e. The molecule has 2 heterocycles. The molecule has 2 rings (SSSR count). The fourth-order valence-corrected chi connectivity index (χ4v) is 1.86. The van der Waals surface area contributed by atoms with Crippen molar-refractivity contribution in [3.8, 4) is 6.07 Å². The first-order chi connectivity index (χ1) is 8.40. The van der Waals surface area contributed by atoms with Gasteiger partial charge in [0.05, 0.1) is 6.54 Å². The third-order valence-electron chi connectivity index (χ3n) is 2.62. The van der Waals surface area contributed by atoms with E-state index in [1.807, 2.05) is 32.9 Å². The minimum atomic E-state index is -0.512. The summed E-state index contributed by atoms with van der Waals surface area (Å²) in [5.41, 5.74) is 1.67. The number of amides is 1. The van der Waals surface area contributed by atoms with Gasteiger partial charge in [-0.1, -0.05) is 0 Å². The van der Waals surface area contributed by atoms with Gasteiger partial charge in [-0.05, 0) is 32.4 Å². The number of ether oxygens (including phenoxy) is 1. The Hall–Kier alpha value is -2.09. The van der Waals surface area contributed by atoms with Crippen LogP contribution in [0.5, 0.6) is 0 Å². The van der Waals surface area contributed by atoms with Gasteiger partial charge in [-0.3, -0.25) is 4.90 Å². The van der Waals surface area contributed by atoms with Gasteiger partial charge in [0.2, 0.25) is 0 Å². The van der Waals surface area contributed by atoms with Crippen molar-refractivity contribution >= 4 is 6.09 Å². The highest BCUT2D eigenvalue weighted by molar-refractivity contribution is 5.69. The third-order valence-corrected chi connectivity index (χ3v) is 2.62. The Kier molecular flexibility index (Phi) is 2.95. The summed E-state index contributed by atoms with van der Waals surface area (Å²) in [5, 5.41) is 8.97. The molecule has 5 nitrogen and oxygen atoms in total. The van der Waals surface area contributed by atoms with Crippen LogP contribution in [0.15, 0.2) is 12.3 Å². The summed E-state index contributed by atoms with van der Waals surface area (Å²) in [7, 11) is 0. The maximum Gasteiger partial charge on any atom is 0.410 e. The molecule has 0 bridgehead atoms. The normalized spacial score (nSPS) is 14.0. The van der Waals surface area contributed by atoms with Gasteiger partial charge >= 0.3 is 6.09 Å². The van der Waals surface area contributed by atoms with Crippen LogP contribution in [0.3, 0.4) is 0 Å². The standard InChI is InChI=1S/C13H15N3O2/c1-13(2,3)18-12(17)16-7-9-4-5-15-11(6-14)10(9)8-16/h4-5H,7-8H2,1-3H3. The Morgan fingerprint density at radius 1 is 1.50 bits per heavy atom. The number of rotatable bonds is 0. The molecule has 1 aliphatic rings. The lowest BCUT2D eigenvalue weighted by molar-refractivity contribution is 0.0242. The molecule has 0 aliphatic carbocycles. The molecule has 0 saturated heterocycles. The molecule has 0 spiro atoms. The first-order valence-corrected chi connectivity index (χ1v) is 5.75. The average Bonchev–Trinajstić information content (AvgIpc) is 2.70. The molecule has 0 fully saturated rings. The van der Waals surface area contributed by atoms with Gasteiger partial charge in [0.15, 0.2) is 0 Å². The summed E-state index contributed by atoms with van der Waals surface area (Å²) < 4.78 is 5.31. The zero-order valence-corrected chi connectivity index (χ0v) is 10.7. The van der Waals surface area contributed by atoms with Crippen molar-refractivity contribution < 1.29 is 9.53 Å². The first-order valence-electron chi connectivity index (χ1n) is 5.75. The van der Waals surface area contributed by atoms with Crippen molar-refractivity contribution in [2.45, 2.75) is 39.5 Å². The highest BCUT2D eigenvalue weighted by Gasteiger charge is 2.29. The smallest absolute Gasteiger partial charge is 0.410 e. The number of hydrogen-bond acceptors (Lipinski definition) is 4. The third kappa shape index (κ3) is 2.43. The lowest BCUT2D eigenvalue weighted by Gasteiger charge is -2.24. The summed E-state index contributed by atoms with van der Waals surface area (Å²) in [4.78, 5) is 17.5. The van der Waals surface area contributed by atoms with Crippen LogP contribution in [-0.4, -0.2) is 21.6 Å². The zero-order chi connectivity index (χ0) is 13.3. The van der Waals surface area contributed by atoms with Crippen molar-refractivity contribution in [2.24, 2.45) is 0 Å². The van der Waals surface area contributed by atoms with Crippen LogP contribution < -0.4 is 0 Å². The Bertz CT molecular complexity index is 526. The molecule has 18 heavy (non-hydrogen) atoms. The first kappa shape index (κ1) is 12.4. The van der Waals surface area contributed by atoms with Crippen molar-refractivity contribution in [3.05, 3.63) is 29.1 Å². The molecule has 0 saturated carbocycles. The fourth-order valence-electron chi connectivity index (χ4n) is 1.86. The maximum absolute atomic E-state index is 11.9. The summed E-state index contributed by atoms with van der Waals surface area (Å²) in [6.45, 7) is 6.35. The highest BCUT2D eigenvalue weighted by Crippen LogP contribution is 2.25. The number of nitrogens with zero attached hydrogens (tertiary/aromatic N) is 3. The molecule has 94 valence electrons. The van der Waals surface area contributed by atoms with Crippen LogP contribution in [0.2, 0.25) is 0 Å². The topological polar surface area (TPSA) is 66.2 Å². The van der Waals surface area contributed by atoms with E-state index in [-0.39, 0.29) is 6.09 Å².